The monoisotopic (exact) mass is 653 g/mol. The van der Waals surface area contributed by atoms with Crippen molar-refractivity contribution in [2.24, 2.45) is 5.92 Å². The molecule has 1 aromatic heterocycles. The van der Waals surface area contributed by atoms with Crippen molar-refractivity contribution in [1.29, 1.82) is 0 Å². The molecule has 1 aromatic carbocycles. The minimum atomic E-state index is -3.86. The zero-order valence-corrected chi connectivity index (χ0v) is 26.5. The second-order valence-corrected chi connectivity index (χ2v) is 14.5. The fourth-order valence-corrected chi connectivity index (χ4v) is 7.76. The molecule has 46 heavy (non-hydrogen) atoms. The van der Waals surface area contributed by atoms with Crippen LogP contribution in [0.4, 0.5) is 4.79 Å². The maximum Gasteiger partial charge on any atom is 0.407 e. The Morgan fingerprint density at radius 2 is 1.89 bits per heavy atom. The second kappa shape index (κ2) is 12.9. The van der Waals surface area contributed by atoms with Crippen molar-refractivity contribution in [3.63, 3.8) is 0 Å². The maximum absolute atomic E-state index is 14.1. The molecule has 2 saturated carbocycles. The molecular weight excluding hydrogens is 614 g/mol. The molecule has 1 saturated heterocycles. The molecule has 14 heteroatoms. The molecule has 3 fully saturated rings. The fourth-order valence-electron chi connectivity index (χ4n) is 6.39. The van der Waals surface area contributed by atoms with E-state index in [1.54, 1.807) is 6.20 Å². The van der Waals surface area contributed by atoms with E-state index < -0.39 is 68.7 Å². The van der Waals surface area contributed by atoms with E-state index in [0.29, 0.717) is 38.0 Å². The summed E-state index contributed by atoms with van der Waals surface area (Å²) in [5.41, 5.74) is -1.47. The molecule has 2 aliphatic heterocycles. The molecule has 13 nitrogen and oxygen atoms in total. The molecule has 4 amide bonds. The van der Waals surface area contributed by atoms with Crippen molar-refractivity contribution in [2.75, 3.05) is 13.7 Å². The van der Waals surface area contributed by atoms with Crippen LogP contribution in [0, 0.1) is 5.92 Å². The summed E-state index contributed by atoms with van der Waals surface area (Å²) in [5, 5.41) is 6.56. The number of allylic oxidation sites excluding steroid dienone is 1. The summed E-state index contributed by atoms with van der Waals surface area (Å²) in [6.45, 7) is 0.0275. The molecule has 2 aliphatic carbocycles. The van der Waals surface area contributed by atoms with Gasteiger partial charge in [-0.25, -0.2) is 18.2 Å². The Labute approximate surface area is 267 Å². The summed E-state index contributed by atoms with van der Waals surface area (Å²) in [6.07, 6.45) is 8.61. The minimum absolute atomic E-state index is 0.0275. The van der Waals surface area contributed by atoms with Gasteiger partial charge in [-0.05, 0) is 56.0 Å². The largest absolute Gasteiger partial charge is 0.472 e. The number of ether oxygens (including phenoxy) is 2. The number of rotatable bonds is 6. The normalized spacial score (nSPS) is 28.6. The minimum Gasteiger partial charge on any atom is -0.472 e. The Morgan fingerprint density at radius 3 is 2.67 bits per heavy atom. The van der Waals surface area contributed by atoms with Gasteiger partial charge in [0.1, 0.15) is 23.7 Å². The highest BCUT2D eigenvalue weighted by Gasteiger charge is 2.62. The van der Waals surface area contributed by atoms with E-state index in [9.17, 15) is 27.6 Å². The van der Waals surface area contributed by atoms with Crippen molar-refractivity contribution >= 4 is 44.6 Å². The lowest BCUT2D eigenvalue weighted by Crippen LogP contribution is -2.58. The average molecular weight is 654 g/mol. The molecule has 2 aromatic rings. The van der Waals surface area contributed by atoms with Gasteiger partial charge in [0, 0.05) is 23.9 Å². The Balaban J connectivity index is 1.30. The van der Waals surface area contributed by atoms with Crippen LogP contribution in [-0.4, -0.2) is 84.7 Å². The van der Waals surface area contributed by atoms with E-state index in [0.717, 1.165) is 23.6 Å². The van der Waals surface area contributed by atoms with Gasteiger partial charge in [-0.2, -0.15) is 0 Å². The number of fused-ring (bicyclic) bond motifs is 3. The molecule has 5 atom stereocenters. The van der Waals surface area contributed by atoms with E-state index >= 15 is 0 Å². The fraction of sp³-hybridized carbons (Fsp3) is 0.531. The molecule has 3 heterocycles. The molecule has 0 unspecified atom stereocenters. The van der Waals surface area contributed by atoms with Crippen molar-refractivity contribution in [2.45, 2.75) is 86.8 Å². The van der Waals surface area contributed by atoms with Crippen LogP contribution in [0.2, 0.25) is 0 Å². The van der Waals surface area contributed by atoms with E-state index in [4.69, 9.17) is 9.47 Å². The van der Waals surface area contributed by atoms with Crippen LogP contribution in [-0.2, 0) is 29.1 Å². The number of carbonyl (C=O) groups excluding carboxylic acids is 4. The predicted octanol–water partition coefficient (Wildman–Crippen LogP) is 2.31. The first-order valence-electron chi connectivity index (χ1n) is 15.8. The van der Waals surface area contributed by atoms with Crippen molar-refractivity contribution < 1.29 is 37.1 Å². The average Bonchev–Trinajstić information content (AvgIpc) is 3.96. The quantitative estimate of drug-likeness (QED) is 0.396. The summed E-state index contributed by atoms with van der Waals surface area (Å²) in [5.74, 6) is -1.90. The summed E-state index contributed by atoms with van der Waals surface area (Å²) in [4.78, 5) is 59.7. The Bertz CT molecular complexity index is 1660. The van der Waals surface area contributed by atoms with Crippen LogP contribution in [0.3, 0.4) is 0 Å². The number of sulfonamides is 1. The summed E-state index contributed by atoms with van der Waals surface area (Å²) >= 11 is 0. The van der Waals surface area contributed by atoms with Crippen molar-refractivity contribution in [3.8, 4) is 5.88 Å². The van der Waals surface area contributed by atoms with Gasteiger partial charge in [0.2, 0.25) is 27.7 Å². The second-order valence-electron chi connectivity index (χ2n) is 12.5. The SMILES string of the molecule is COC(=O)N[C@H]1CCCCCC=C[C@@H]2C[C@@]2(C(=O)NS(=O)(=O)C2CC2)NC(=O)[C@@H]2C[C@@H](Oc3nccc4ccccc34)CN2C1=O. The van der Waals surface area contributed by atoms with Gasteiger partial charge in [-0.15, -0.1) is 0 Å². The van der Waals surface area contributed by atoms with Crippen LogP contribution >= 0.6 is 0 Å². The Hall–Kier alpha value is -4.20. The molecule has 4 aliphatic rings. The Morgan fingerprint density at radius 1 is 1.09 bits per heavy atom. The third-order valence-corrected chi connectivity index (χ3v) is 11.1. The van der Waals surface area contributed by atoms with Crippen molar-refractivity contribution in [3.05, 3.63) is 48.7 Å². The summed E-state index contributed by atoms with van der Waals surface area (Å²) < 4.78 is 38.7. The van der Waals surface area contributed by atoms with Crippen LogP contribution in [0.1, 0.15) is 57.8 Å². The first kappa shape index (κ1) is 31.8. The highest BCUT2D eigenvalue weighted by molar-refractivity contribution is 7.91. The van der Waals surface area contributed by atoms with Crippen LogP contribution < -0.4 is 20.1 Å². The van der Waals surface area contributed by atoms with Crippen LogP contribution in [0.5, 0.6) is 5.88 Å². The number of nitrogens with zero attached hydrogens (tertiary/aromatic N) is 2. The lowest BCUT2D eigenvalue weighted by molar-refractivity contribution is -0.141. The highest BCUT2D eigenvalue weighted by Crippen LogP contribution is 2.46. The number of hydrogen-bond acceptors (Lipinski definition) is 9. The summed E-state index contributed by atoms with van der Waals surface area (Å²) in [6, 6.07) is 7.41. The lowest BCUT2D eigenvalue weighted by atomic mass is 10.1. The molecule has 0 bridgehead atoms. The third kappa shape index (κ3) is 6.67. The molecule has 246 valence electrons. The van der Waals surface area contributed by atoms with E-state index in [2.05, 4.69) is 20.3 Å². The third-order valence-electron chi connectivity index (χ3n) is 9.24. The number of methoxy groups -OCH3 is 1. The smallest absolute Gasteiger partial charge is 0.407 e. The number of amides is 4. The number of benzene rings is 1. The molecular formula is C32H39N5O8S. The molecule has 6 rings (SSSR count). The zero-order valence-electron chi connectivity index (χ0n) is 25.6. The predicted molar refractivity (Wildman–Crippen MR) is 167 cm³/mol. The van der Waals surface area contributed by atoms with Gasteiger partial charge < -0.3 is 25.0 Å². The summed E-state index contributed by atoms with van der Waals surface area (Å²) in [7, 11) is -2.64. The van der Waals surface area contributed by atoms with Gasteiger partial charge in [0.25, 0.3) is 5.91 Å². The highest BCUT2D eigenvalue weighted by atomic mass is 32.2. The number of pyridine rings is 1. The number of aromatic nitrogens is 1. The number of hydrogen-bond donors (Lipinski definition) is 3. The van der Waals surface area contributed by atoms with E-state index in [1.165, 1.54) is 12.0 Å². The van der Waals surface area contributed by atoms with Crippen LogP contribution in [0.15, 0.2) is 48.7 Å². The molecule has 0 radical (unpaired) electrons. The zero-order chi connectivity index (χ0) is 32.5. The Kier molecular flexibility index (Phi) is 8.90. The van der Waals surface area contributed by atoms with E-state index in [1.807, 2.05) is 42.5 Å². The van der Waals surface area contributed by atoms with Gasteiger partial charge >= 0.3 is 6.09 Å². The first-order chi connectivity index (χ1) is 22.1. The molecule has 3 N–H and O–H groups in total. The van der Waals surface area contributed by atoms with Gasteiger partial charge in [0.05, 0.1) is 18.9 Å². The van der Waals surface area contributed by atoms with Gasteiger partial charge in [0.15, 0.2) is 0 Å². The van der Waals surface area contributed by atoms with Gasteiger partial charge in [-0.1, -0.05) is 43.2 Å². The number of nitrogens with one attached hydrogen (secondary N) is 3. The standard InChI is InChI=1S/C32H39N5O8S/c1-44-31(41)34-25-12-6-4-2-3-5-10-21-18-32(21,30(40)36-46(42,43)23-13-14-23)35-27(38)26-17-22(19-37(26)29(25)39)45-28-24-11-8-7-9-20(24)15-16-33-28/h5,7-11,15-16,21-23,25-26H,2-4,6,12-14,17-19H2,1H3,(H,34,41)(H,35,38)(H,36,40)/t21-,22-,25+,26+,32-/m1/s1. The molecule has 0 spiro atoms. The number of carbonyl (C=O) groups is 4. The maximum atomic E-state index is 14.1. The lowest BCUT2D eigenvalue weighted by Gasteiger charge is -2.29. The number of alkyl carbamates (subject to hydrolysis) is 1. The topological polar surface area (TPSA) is 173 Å². The van der Waals surface area contributed by atoms with E-state index in [-0.39, 0.29) is 19.4 Å². The van der Waals surface area contributed by atoms with Crippen LogP contribution in [0.25, 0.3) is 10.8 Å². The first-order valence-corrected chi connectivity index (χ1v) is 17.4. The van der Waals surface area contributed by atoms with Gasteiger partial charge in [-0.3, -0.25) is 19.1 Å². The van der Waals surface area contributed by atoms with Crippen molar-refractivity contribution in [1.82, 2.24) is 25.2 Å².